The quantitative estimate of drug-likeness (QED) is 0.809. The number of hydrogen-bond donors (Lipinski definition) is 1. The van der Waals surface area contributed by atoms with Gasteiger partial charge in [0.05, 0.1) is 6.61 Å². The molecule has 0 heterocycles. The van der Waals surface area contributed by atoms with E-state index in [-0.39, 0.29) is 5.71 Å². The van der Waals surface area contributed by atoms with E-state index in [1.807, 2.05) is 26.0 Å². The van der Waals surface area contributed by atoms with Gasteiger partial charge in [-0.25, -0.2) is 0 Å². The van der Waals surface area contributed by atoms with Crippen LogP contribution in [0.4, 0.5) is 0 Å². The third-order valence-electron chi connectivity index (χ3n) is 2.73. The van der Waals surface area contributed by atoms with E-state index in [1.165, 1.54) is 11.1 Å². The Kier molecular flexibility index (Phi) is 4.95. The van der Waals surface area contributed by atoms with Crippen LogP contribution in [0.5, 0.6) is 5.75 Å². The van der Waals surface area contributed by atoms with E-state index < -0.39 is 0 Å². The molecule has 0 saturated heterocycles. The van der Waals surface area contributed by atoms with Crippen molar-refractivity contribution in [2.45, 2.75) is 34.1 Å². The summed E-state index contributed by atoms with van der Waals surface area (Å²) in [5, 5.41) is 9.49. The van der Waals surface area contributed by atoms with Gasteiger partial charge in [-0.05, 0) is 49.6 Å². The zero-order chi connectivity index (χ0) is 13.7. The first kappa shape index (κ1) is 14.3. The Morgan fingerprint density at radius 2 is 1.72 bits per heavy atom. The molecule has 0 amide bonds. The molecule has 0 aliphatic rings. The Morgan fingerprint density at radius 3 is 2.17 bits per heavy atom. The fourth-order valence-corrected chi connectivity index (χ4v) is 1.95. The van der Waals surface area contributed by atoms with E-state index in [4.69, 9.17) is 10.5 Å². The van der Waals surface area contributed by atoms with Crippen LogP contribution in [0.25, 0.3) is 5.41 Å². The van der Waals surface area contributed by atoms with Gasteiger partial charge in [0.25, 0.3) is 0 Å². The molecule has 0 atom stereocenters. The van der Waals surface area contributed by atoms with Gasteiger partial charge >= 0.3 is 0 Å². The van der Waals surface area contributed by atoms with Crippen LogP contribution in [-0.4, -0.2) is 12.3 Å². The average molecular weight is 245 g/mol. The first-order valence-corrected chi connectivity index (χ1v) is 6.09. The number of rotatable bonds is 5. The van der Waals surface area contributed by atoms with Gasteiger partial charge in [0, 0.05) is 12.1 Å². The highest BCUT2D eigenvalue weighted by molar-refractivity contribution is 6.01. The standard InChI is InChI=1S/C15H21N2O/c1-10-7-11(2)9-14(8-10)18-6-5-15(12(3)16)13(4)17/h7-9H,5-6,16H2,1-4H3/q-1/b15-12-. The Morgan fingerprint density at radius 1 is 1.17 bits per heavy atom. The van der Waals surface area contributed by atoms with E-state index in [9.17, 15) is 5.41 Å². The normalized spacial score (nSPS) is 12.0. The van der Waals surface area contributed by atoms with Crippen LogP contribution in [0.2, 0.25) is 0 Å². The van der Waals surface area contributed by atoms with Crippen LogP contribution >= 0.6 is 0 Å². The highest BCUT2D eigenvalue weighted by Gasteiger charge is 2.01. The van der Waals surface area contributed by atoms with Gasteiger partial charge in [-0.2, -0.15) is 5.71 Å². The van der Waals surface area contributed by atoms with Crippen molar-refractivity contribution in [3.8, 4) is 5.75 Å². The minimum Gasteiger partial charge on any atom is -0.808 e. The first-order chi connectivity index (χ1) is 8.40. The molecule has 0 radical (unpaired) electrons. The Balaban J connectivity index is 2.61. The number of allylic oxidation sites excluding steroid dienone is 1. The van der Waals surface area contributed by atoms with Crippen molar-refractivity contribution in [3.63, 3.8) is 0 Å². The SMILES string of the molecule is CC(=[N-])/C(CCOc1cc(C)cc(C)c1)=C(/C)N. The third kappa shape index (κ3) is 4.24. The maximum absolute atomic E-state index is 9.49. The highest BCUT2D eigenvalue weighted by Crippen LogP contribution is 2.17. The predicted molar refractivity (Wildman–Crippen MR) is 77.0 cm³/mol. The van der Waals surface area contributed by atoms with Crippen LogP contribution < -0.4 is 10.5 Å². The van der Waals surface area contributed by atoms with Crippen molar-refractivity contribution in [2.75, 3.05) is 6.61 Å². The summed E-state index contributed by atoms with van der Waals surface area (Å²) >= 11 is 0. The van der Waals surface area contributed by atoms with Crippen LogP contribution in [0.3, 0.4) is 0 Å². The van der Waals surface area contributed by atoms with Crippen molar-refractivity contribution < 1.29 is 4.74 Å². The van der Waals surface area contributed by atoms with Gasteiger partial charge in [0.1, 0.15) is 5.75 Å². The maximum atomic E-state index is 9.49. The molecule has 0 fully saturated rings. The molecule has 0 saturated carbocycles. The summed E-state index contributed by atoms with van der Waals surface area (Å²) in [6.07, 6.45) is 0.609. The second kappa shape index (κ2) is 6.24. The zero-order valence-corrected chi connectivity index (χ0v) is 11.6. The summed E-state index contributed by atoms with van der Waals surface area (Å²) in [5.41, 5.74) is 9.74. The first-order valence-electron chi connectivity index (χ1n) is 6.09. The summed E-state index contributed by atoms with van der Waals surface area (Å²) < 4.78 is 5.68. The Labute approximate surface area is 109 Å². The summed E-state index contributed by atoms with van der Waals surface area (Å²) in [4.78, 5) is 0. The van der Waals surface area contributed by atoms with E-state index in [0.29, 0.717) is 18.7 Å². The topological polar surface area (TPSA) is 57.5 Å². The number of hydrogen-bond acceptors (Lipinski definition) is 2. The number of benzene rings is 1. The Bertz CT molecular complexity index is 451. The zero-order valence-electron chi connectivity index (χ0n) is 11.6. The van der Waals surface area contributed by atoms with Gasteiger partial charge in [-0.15, -0.1) is 0 Å². The van der Waals surface area contributed by atoms with Gasteiger partial charge in [0.2, 0.25) is 0 Å². The van der Waals surface area contributed by atoms with Crippen molar-refractivity contribution >= 4 is 5.71 Å². The fraction of sp³-hybridized carbons (Fsp3) is 0.400. The largest absolute Gasteiger partial charge is 0.808 e. The van der Waals surface area contributed by atoms with Crippen molar-refractivity contribution in [1.82, 2.24) is 0 Å². The maximum Gasteiger partial charge on any atom is 0.119 e. The lowest BCUT2D eigenvalue weighted by Crippen LogP contribution is -2.09. The van der Waals surface area contributed by atoms with E-state index in [1.54, 1.807) is 13.8 Å². The molecule has 3 heteroatoms. The number of ether oxygens (including phenoxy) is 1. The summed E-state index contributed by atoms with van der Waals surface area (Å²) in [6.45, 7) is 8.01. The molecule has 18 heavy (non-hydrogen) atoms. The molecule has 3 nitrogen and oxygen atoms in total. The van der Waals surface area contributed by atoms with E-state index in [2.05, 4.69) is 6.07 Å². The molecule has 98 valence electrons. The lowest BCUT2D eigenvalue weighted by atomic mass is 10.1. The molecule has 0 aromatic heterocycles. The molecule has 1 aromatic rings. The molecular weight excluding hydrogens is 224 g/mol. The summed E-state index contributed by atoms with van der Waals surface area (Å²) in [7, 11) is 0. The average Bonchev–Trinajstić information content (AvgIpc) is 2.21. The second-order valence-corrected chi connectivity index (χ2v) is 4.67. The molecule has 0 bridgehead atoms. The van der Waals surface area contributed by atoms with Gasteiger partial charge in [0.15, 0.2) is 0 Å². The molecule has 0 unspecified atom stereocenters. The van der Waals surface area contributed by atoms with Gasteiger partial charge < -0.3 is 15.9 Å². The molecular formula is C15H21N2O-. The monoisotopic (exact) mass is 245 g/mol. The molecule has 0 aliphatic heterocycles. The summed E-state index contributed by atoms with van der Waals surface area (Å²) in [6, 6.07) is 6.11. The lowest BCUT2D eigenvalue weighted by Gasteiger charge is -2.15. The number of nitrogens with two attached hydrogens (primary N) is 1. The van der Waals surface area contributed by atoms with E-state index >= 15 is 0 Å². The molecule has 2 N–H and O–H groups in total. The van der Waals surface area contributed by atoms with Crippen LogP contribution in [0.1, 0.15) is 31.4 Å². The lowest BCUT2D eigenvalue weighted by molar-refractivity contribution is 0.322. The minimum atomic E-state index is 0.263. The predicted octanol–water partition coefficient (Wildman–Crippen LogP) is 3.34. The van der Waals surface area contributed by atoms with Gasteiger partial charge in [-0.1, -0.05) is 13.0 Å². The van der Waals surface area contributed by atoms with Crippen LogP contribution in [0, 0.1) is 13.8 Å². The molecule has 1 rings (SSSR count). The number of aryl methyl sites for hydroxylation is 2. The van der Waals surface area contributed by atoms with E-state index in [0.717, 1.165) is 11.3 Å². The molecule has 0 spiro atoms. The summed E-state index contributed by atoms with van der Waals surface area (Å²) in [5.74, 6) is 0.858. The molecule has 0 aliphatic carbocycles. The molecule has 1 aromatic carbocycles. The smallest absolute Gasteiger partial charge is 0.119 e. The second-order valence-electron chi connectivity index (χ2n) is 4.67. The third-order valence-corrected chi connectivity index (χ3v) is 2.73. The van der Waals surface area contributed by atoms with Crippen molar-refractivity contribution in [1.29, 1.82) is 0 Å². The minimum absolute atomic E-state index is 0.263. The fourth-order valence-electron chi connectivity index (χ4n) is 1.95. The highest BCUT2D eigenvalue weighted by atomic mass is 16.5. The van der Waals surface area contributed by atoms with Crippen molar-refractivity contribution in [3.05, 3.63) is 46.0 Å². The van der Waals surface area contributed by atoms with Crippen LogP contribution in [0.15, 0.2) is 29.5 Å². The van der Waals surface area contributed by atoms with Gasteiger partial charge in [-0.3, -0.25) is 0 Å². The van der Waals surface area contributed by atoms with Crippen molar-refractivity contribution in [2.24, 2.45) is 5.73 Å². The van der Waals surface area contributed by atoms with Crippen LogP contribution in [-0.2, 0) is 0 Å². The number of nitrogens with zero attached hydrogens (tertiary/aromatic N) is 1. The Hall–Kier alpha value is -1.77.